The van der Waals surface area contributed by atoms with Crippen LogP contribution in [0.1, 0.15) is 48.1 Å². The predicted molar refractivity (Wildman–Crippen MR) is 117 cm³/mol. The standard InChI is InChI=1S/C23H30N6O3/c1-14(15-5-3-6-16(9-15)21(30)26-2)29-18-10-20(23(29)32)27(12-18)13-19(25)22(31)28-8-4-7-17(28)11-24/h3,5-6,9,14,17-20H,4,7-8,10,12-13,25H2,1-2H3,(H,26,30)/t14-,17?,18?,19-,20-/m0/s1. The van der Waals surface area contributed by atoms with Gasteiger partial charge in [0.25, 0.3) is 5.91 Å². The molecule has 2 bridgehead atoms. The van der Waals surface area contributed by atoms with Crippen molar-refractivity contribution in [1.29, 1.82) is 5.26 Å². The summed E-state index contributed by atoms with van der Waals surface area (Å²) in [5.41, 5.74) is 7.70. The molecular formula is C23H30N6O3. The first kappa shape index (κ1) is 22.2. The second-order valence-electron chi connectivity index (χ2n) is 8.91. The molecule has 5 atom stereocenters. The summed E-state index contributed by atoms with van der Waals surface area (Å²) in [5.74, 6) is -0.329. The lowest BCUT2D eigenvalue weighted by molar-refractivity contribution is -0.140. The second-order valence-corrected chi connectivity index (χ2v) is 8.91. The van der Waals surface area contributed by atoms with Crippen molar-refractivity contribution in [2.24, 2.45) is 5.73 Å². The highest BCUT2D eigenvalue weighted by atomic mass is 16.2. The molecule has 2 unspecified atom stereocenters. The molecule has 1 aromatic carbocycles. The van der Waals surface area contributed by atoms with E-state index in [-0.39, 0.29) is 35.8 Å². The molecule has 32 heavy (non-hydrogen) atoms. The van der Waals surface area contributed by atoms with Gasteiger partial charge >= 0.3 is 0 Å². The molecule has 3 N–H and O–H groups in total. The van der Waals surface area contributed by atoms with Gasteiger partial charge in [-0.3, -0.25) is 19.3 Å². The number of likely N-dealkylation sites (tertiary alicyclic amines) is 3. The van der Waals surface area contributed by atoms with Crippen LogP contribution in [0.3, 0.4) is 0 Å². The molecule has 3 fully saturated rings. The van der Waals surface area contributed by atoms with E-state index in [1.807, 2.05) is 34.9 Å². The number of hydrogen-bond acceptors (Lipinski definition) is 6. The summed E-state index contributed by atoms with van der Waals surface area (Å²) in [6.45, 7) is 3.53. The fraction of sp³-hybridized carbons (Fsp3) is 0.565. The summed E-state index contributed by atoms with van der Waals surface area (Å²) in [6, 6.07) is 8.00. The monoisotopic (exact) mass is 438 g/mol. The van der Waals surface area contributed by atoms with E-state index < -0.39 is 12.1 Å². The zero-order valence-electron chi connectivity index (χ0n) is 18.5. The summed E-state index contributed by atoms with van der Waals surface area (Å²) < 4.78 is 0. The number of amides is 3. The fourth-order valence-corrected chi connectivity index (χ4v) is 5.35. The van der Waals surface area contributed by atoms with Gasteiger partial charge in [0.1, 0.15) is 6.04 Å². The third kappa shape index (κ3) is 3.85. The highest BCUT2D eigenvalue weighted by Crippen LogP contribution is 2.38. The minimum atomic E-state index is -0.744. The van der Waals surface area contributed by atoms with Crippen molar-refractivity contribution in [2.45, 2.75) is 56.4 Å². The van der Waals surface area contributed by atoms with Crippen molar-refractivity contribution in [1.82, 2.24) is 20.0 Å². The Kier molecular flexibility index (Phi) is 6.17. The Labute approximate surface area is 188 Å². The first-order valence-corrected chi connectivity index (χ1v) is 11.2. The van der Waals surface area contributed by atoms with E-state index in [1.165, 1.54) is 0 Å². The Morgan fingerprint density at radius 1 is 1.38 bits per heavy atom. The van der Waals surface area contributed by atoms with Gasteiger partial charge in [0.15, 0.2) is 0 Å². The molecular weight excluding hydrogens is 408 g/mol. The smallest absolute Gasteiger partial charge is 0.251 e. The number of benzene rings is 1. The number of fused-ring (bicyclic) bond motifs is 2. The van der Waals surface area contributed by atoms with Gasteiger partial charge in [-0.05, 0) is 43.9 Å². The number of rotatable bonds is 6. The molecule has 3 aliphatic heterocycles. The number of nitrogens with one attached hydrogen (secondary N) is 1. The van der Waals surface area contributed by atoms with E-state index in [0.29, 0.717) is 38.0 Å². The third-order valence-corrected chi connectivity index (χ3v) is 7.02. The summed E-state index contributed by atoms with van der Waals surface area (Å²) >= 11 is 0. The summed E-state index contributed by atoms with van der Waals surface area (Å²) in [6.07, 6.45) is 2.22. The van der Waals surface area contributed by atoms with Crippen LogP contribution in [0.15, 0.2) is 24.3 Å². The maximum absolute atomic E-state index is 13.2. The second kappa shape index (κ2) is 8.88. The number of nitrogens with zero attached hydrogens (tertiary/aromatic N) is 4. The number of carbonyl (C=O) groups excluding carboxylic acids is 3. The molecule has 170 valence electrons. The predicted octanol–water partition coefficient (Wildman–Crippen LogP) is 0.234. The van der Waals surface area contributed by atoms with E-state index in [9.17, 15) is 19.6 Å². The fourth-order valence-electron chi connectivity index (χ4n) is 5.35. The van der Waals surface area contributed by atoms with Gasteiger partial charge < -0.3 is 20.9 Å². The van der Waals surface area contributed by atoms with Crippen LogP contribution in [0, 0.1) is 11.3 Å². The van der Waals surface area contributed by atoms with Crippen LogP contribution < -0.4 is 11.1 Å². The van der Waals surface area contributed by atoms with Gasteiger partial charge in [-0.25, -0.2) is 0 Å². The number of carbonyl (C=O) groups is 3. The van der Waals surface area contributed by atoms with Gasteiger partial charge in [0, 0.05) is 38.3 Å². The van der Waals surface area contributed by atoms with Crippen molar-refractivity contribution >= 4 is 17.7 Å². The summed E-state index contributed by atoms with van der Waals surface area (Å²) in [4.78, 5) is 43.4. The lowest BCUT2D eigenvalue weighted by Gasteiger charge is -2.38. The van der Waals surface area contributed by atoms with Crippen LogP contribution in [-0.2, 0) is 9.59 Å². The van der Waals surface area contributed by atoms with E-state index in [4.69, 9.17) is 5.73 Å². The molecule has 0 radical (unpaired) electrons. The van der Waals surface area contributed by atoms with E-state index >= 15 is 0 Å². The molecule has 4 rings (SSSR count). The highest BCUT2D eigenvalue weighted by Gasteiger charge is 2.51. The van der Waals surface area contributed by atoms with Gasteiger partial charge in [-0.1, -0.05) is 12.1 Å². The normalized spacial score (nSPS) is 26.8. The van der Waals surface area contributed by atoms with E-state index in [0.717, 1.165) is 12.0 Å². The number of nitrogens with two attached hydrogens (primary N) is 1. The van der Waals surface area contributed by atoms with Gasteiger partial charge in [-0.15, -0.1) is 0 Å². The Hall–Kier alpha value is -2.96. The number of hydrogen-bond donors (Lipinski definition) is 2. The number of piperazine rings is 1. The first-order valence-electron chi connectivity index (χ1n) is 11.2. The van der Waals surface area contributed by atoms with Crippen molar-refractivity contribution in [3.63, 3.8) is 0 Å². The van der Waals surface area contributed by atoms with Crippen LogP contribution in [0.4, 0.5) is 0 Å². The summed E-state index contributed by atoms with van der Waals surface area (Å²) in [5, 5.41) is 11.9. The Morgan fingerprint density at radius 3 is 2.84 bits per heavy atom. The maximum Gasteiger partial charge on any atom is 0.251 e. The Bertz CT molecular complexity index is 959. The van der Waals surface area contributed by atoms with Crippen LogP contribution >= 0.6 is 0 Å². The largest absolute Gasteiger partial charge is 0.355 e. The molecule has 9 heteroatoms. The average molecular weight is 439 g/mol. The molecule has 3 heterocycles. The zero-order valence-corrected chi connectivity index (χ0v) is 18.5. The lowest BCUT2D eigenvalue weighted by atomic mass is 10.0. The van der Waals surface area contributed by atoms with Crippen LogP contribution in [0.2, 0.25) is 0 Å². The third-order valence-electron chi connectivity index (χ3n) is 7.02. The quantitative estimate of drug-likeness (QED) is 0.656. The minimum Gasteiger partial charge on any atom is -0.355 e. The molecule has 3 aliphatic rings. The molecule has 1 aromatic rings. The molecule has 3 amide bonds. The Morgan fingerprint density at radius 2 is 2.16 bits per heavy atom. The van der Waals surface area contributed by atoms with Gasteiger partial charge in [0.05, 0.1) is 24.2 Å². The topological polar surface area (TPSA) is 123 Å². The van der Waals surface area contributed by atoms with Crippen LogP contribution in [0.5, 0.6) is 0 Å². The molecule has 0 spiro atoms. The van der Waals surface area contributed by atoms with Crippen LogP contribution in [-0.4, -0.2) is 83.3 Å². The number of nitriles is 1. The molecule has 0 aliphatic carbocycles. The van der Waals surface area contributed by atoms with Gasteiger partial charge in [0.2, 0.25) is 11.8 Å². The maximum atomic E-state index is 13.2. The Balaban J connectivity index is 1.41. The molecule has 3 saturated heterocycles. The van der Waals surface area contributed by atoms with Crippen LogP contribution in [0.25, 0.3) is 0 Å². The minimum absolute atomic E-state index is 0.0369. The SMILES string of the molecule is CNC(=O)c1cccc([C@H](C)N2C(=O)[C@@H]3CC2CN3C[C@H](N)C(=O)N2CCCC2C#N)c1. The van der Waals surface area contributed by atoms with Crippen molar-refractivity contribution in [2.75, 3.05) is 26.7 Å². The zero-order chi connectivity index (χ0) is 23.0. The molecule has 9 nitrogen and oxygen atoms in total. The molecule has 0 saturated carbocycles. The van der Waals surface area contributed by atoms with Crippen molar-refractivity contribution < 1.29 is 14.4 Å². The molecule has 0 aromatic heterocycles. The lowest BCUT2D eigenvalue weighted by Crippen LogP contribution is -2.56. The average Bonchev–Trinajstić information content (AvgIpc) is 3.52. The first-order chi connectivity index (χ1) is 15.3. The summed E-state index contributed by atoms with van der Waals surface area (Å²) in [7, 11) is 1.59. The van der Waals surface area contributed by atoms with Crippen molar-refractivity contribution in [3.05, 3.63) is 35.4 Å². The van der Waals surface area contributed by atoms with E-state index in [2.05, 4.69) is 11.4 Å². The van der Waals surface area contributed by atoms with Gasteiger partial charge in [-0.2, -0.15) is 5.26 Å². The van der Waals surface area contributed by atoms with E-state index in [1.54, 1.807) is 18.0 Å². The van der Waals surface area contributed by atoms with Crippen molar-refractivity contribution in [3.8, 4) is 6.07 Å². The highest BCUT2D eigenvalue weighted by molar-refractivity contribution is 5.94.